The van der Waals surface area contributed by atoms with Crippen LogP contribution in [0.3, 0.4) is 0 Å². The average Bonchev–Trinajstić information content (AvgIpc) is 2.44. The summed E-state index contributed by atoms with van der Waals surface area (Å²) in [4.78, 5) is 22.5. The van der Waals surface area contributed by atoms with E-state index >= 15 is 0 Å². The van der Waals surface area contributed by atoms with Crippen molar-refractivity contribution < 1.29 is 19.1 Å². The number of para-hydroxylation sites is 1. The van der Waals surface area contributed by atoms with Crippen LogP contribution in [0.4, 0.5) is 0 Å². The Balaban J connectivity index is 2.23. The molecule has 1 aromatic rings. The van der Waals surface area contributed by atoms with Crippen LogP contribution in [0.25, 0.3) is 0 Å². The topological polar surface area (TPSA) is 88.4 Å². The number of ether oxygens (including phenoxy) is 2. The zero-order chi connectivity index (χ0) is 14.8. The highest BCUT2D eigenvalue weighted by atomic mass is 35.5. The lowest BCUT2D eigenvalue weighted by Gasteiger charge is -2.08. The van der Waals surface area contributed by atoms with Crippen LogP contribution in [0.1, 0.15) is 6.42 Å². The summed E-state index contributed by atoms with van der Waals surface area (Å²) in [5.41, 5.74) is 0. The van der Waals surface area contributed by atoms with E-state index in [-0.39, 0.29) is 19.6 Å². The fourth-order valence-corrected chi connectivity index (χ4v) is 1.39. The lowest BCUT2D eigenvalue weighted by molar-refractivity contribution is -0.150. The fraction of sp³-hybridized carbons (Fsp3) is 0.308. The fourth-order valence-electron chi connectivity index (χ4n) is 1.20. The van der Waals surface area contributed by atoms with E-state index in [1.165, 1.54) is 0 Å². The predicted octanol–water partition coefficient (Wildman–Crippen LogP) is 1.29. The van der Waals surface area contributed by atoms with Crippen molar-refractivity contribution in [3.63, 3.8) is 0 Å². The van der Waals surface area contributed by atoms with Gasteiger partial charge in [0.15, 0.2) is 13.2 Å². The van der Waals surface area contributed by atoms with Gasteiger partial charge in [-0.05, 0) is 12.1 Å². The maximum atomic E-state index is 11.3. The summed E-state index contributed by atoms with van der Waals surface area (Å²) < 4.78 is 9.84. The Bertz CT molecular complexity index is 513. The van der Waals surface area contributed by atoms with Crippen molar-refractivity contribution in [2.24, 2.45) is 0 Å². The van der Waals surface area contributed by atoms with Gasteiger partial charge in [0.05, 0.1) is 17.5 Å². The molecule has 0 saturated heterocycles. The third-order valence-electron chi connectivity index (χ3n) is 2.11. The summed E-state index contributed by atoms with van der Waals surface area (Å²) in [6.45, 7) is -0.519. The molecule has 0 spiro atoms. The van der Waals surface area contributed by atoms with Gasteiger partial charge in [-0.1, -0.05) is 23.7 Å². The minimum atomic E-state index is -0.680. The lowest BCUT2D eigenvalue weighted by Crippen LogP contribution is -2.30. The molecular weight excluding hydrogens is 284 g/mol. The Hall–Kier alpha value is -2.26. The summed E-state index contributed by atoms with van der Waals surface area (Å²) in [5.74, 6) is -0.781. The molecule has 1 N–H and O–H groups in total. The summed E-state index contributed by atoms with van der Waals surface area (Å²) in [6.07, 6.45) is 0.204. The number of nitriles is 1. The zero-order valence-corrected chi connectivity index (χ0v) is 11.4. The SMILES string of the molecule is N#CCCNC(=O)COC(=O)COc1ccccc1Cl. The molecular formula is C13H13ClN2O4. The molecule has 0 saturated carbocycles. The summed E-state index contributed by atoms with van der Waals surface area (Å²) >= 11 is 5.84. The minimum absolute atomic E-state index is 0.204. The number of esters is 1. The van der Waals surface area contributed by atoms with E-state index in [1.54, 1.807) is 24.3 Å². The van der Waals surface area contributed by atoms with Gasteiger partial charge in [0.2, 0.25) is 0 Å². The van der Waals surface area contributed by atoms with Crippen molar-refractivity contribution in [1.82, 2.24) is 5.32 Å². The Morgan fingerprint density at radius 3 is 2.75 bits per heavy atom. The Morgan fingerprint density at radius 1 is 1.30 bits per heavy atom. The molecule has 0 radical (unpaired) electrons. The van der Waals surface area contributed by atoms with Crippen LogP contribution in [0.15, 0.2) is 24.3 Å². The monoisotopic (exact) mass is 296 g/mol. The zero-order valence-electron chi connectivity index (χ0n) is 10.6. The van der Waals surface area contributed by atoms with Gasteiger partial charge in [-0.15, -0.1) is 0 Å². The highest BCUT2D eigenvalue weighted by Crippen LogP contribution is 2.22. The minimum Gasteiger partial charge on any atom is -0.480 e. The molecule has 6 nitrogen and oxygen atoms in total. The highest BCUT2D eigenvalue weighted by Gasteiger charge is 2.09. The molecule has 0 aliphatic heterocycles. The highest BCUT2D eigenvalue weighted by molar-refractivity contribution is 6.32. The molecule has 1 rings (SSSR count). The van der Waals surface area contributed by atoms with Gasteiger partial charge in [0, 0.05) is 6.54 Å². The number of rotatable bonds is 7. The van der Waals surface area contributed by atoms with Gasteiger partial charge >= 0.3 is 5.97 Å². The van der Waals surface area contributed by atoms with Crippen molar-refractivity contribution in [1.29, 1.82) is 5.26 Å². The molecule has 0 bridgehead atoms. The van der Waals surface area contributed by atoms with E-state index in [0.717, 1.165) is 0 Å². The van der Waals surface area contributed by atoms with Crippen molar-refractivity contribution in [2.75, 3.05) is 19.8 Å². The van der Waals surface area contributed by atoms with Crippen molar-refractivity contribution in [3.05, 3.63) is 29.3 Å². The predicted molar refractivity (Wildman–Crippen MR) is 71.1 cm³/mol. The third kappa shape index (κ3) is 6.07. The lowest BCUT2D eigenvalue weighted by atomic mass is 10.3. The number of halogens is 1. The number of amides is 1. The van der Waals surface area contributed by atoms with Crippen molar-refractivity contribution >= 4 is 23.5 Å². The summed E-state index contributed by atoms with van der Waals surface area (Å²) in [6, 6.07) is 8.57. The summed E-state index contributed by atoms with van der Waals surface area (Å²) in [5, 5.41) is 11.1. The number of nitrogens with one attached hydrogen (secondary N) is 1. The van der Waals surface area contributed by atoms with Crippen LogP contribution in [0.5, 0.6) is 5.75 Å². The van der Waals surface area contributed by atoms with Crippen molar-refractivity contribution in [3.8, 4) is 11.8 Å². The van der Waals surface area contributed by atoms with Crippen LogP contribution in [-0.2, 0) is 14.3 Å². The van der Waals surface area contributed by atoms with Gasteiger partial charge in [0.25, 0.3) is 5.91 Å². The third-order valence-corrected chi connectivity index (χ3v) is 2.42. The van der Waals surface area contributed by atoms with Gasteiger partial charge in [0.1, 0.15) is 5.75 Å². The van der Waals surface area contributed by atoms with Crippen LogP contribution in [0.2, 0.25) is 5.02 Å². The maximum Gasteiger partial charge on any atom is 0.344 e. The number of hydrogen-bond acceptors (Lipinski definition) is 5. The van der Waals surface area contributed by atoms with E-state index in [0.29, 0.717) is 10.8 Å². The Labute approximate surface area is 121 Å². The molecule has 1 aromatic carbocycles. The average molecular weight is 297 g/mol. The van der Waals surface area contributed by atoms with Gasteiger partial charge in [-0.2, -0.15) is 5.26 Å². The van der Waals surface area contributed by atoms with Crippen LogP contribution >= 0.6 is 11.6 Å². The molecule has 0 heterocycles. The second-order valence-electron chi connectivity index (χ2n) is 3.64. The van der Waals surface area contributed by atoms with E-state index < -0.39 is 18.5 Å². The maximum absolute atomic E-state index is 11.3. The van der Waals surface area contributed by atoms with Crippen LogP contribution < -0.4 is 10.1 Å². The molecule has 0 atom stereocenters. The molecule has 20 heavy (non-hydrogen) atoms. The van der Waals surface area contributed by atoms with E-state index in [1.807, 2.05) is 6.07 Å². The molecule has 0 unspecified atom stereocenters. The van der Waals surface area contributed by atoms with Crippen LogP contribution in [-0.4, -0.2) is 31.6 Å². The molecule has 0 aliphatic rings. The largest absolute Gasteiger partial charge is 0.480 e. The van der Waals surface area contributed by atoms with Crippen molar-refractivity contribution in [2.45, 2.75) is 6.42 Å². The molecule has 106 valence electrons. The number of carbonyl (C=O) groups excluding carboxylic acids is 2. The standard InChI is InChI=1S/C13H13ClN2O4/c14-10-4-1-2-5-11(10)19-9-13(18)20-8-12(17)16-7-3-6-15/h1-2,4-5H,3,7-9H2,(H,16,17). The second-order valence-corrected chi connectivity index (χ2v) is 4.05. The first kappa shape index (κ1) is 15.8. The number of hydrogen-bond donors (Lipinski definition) is 1. The first-order valence-corrected chi connectivity index (χ1v) is 6.18. The van der Waals surface area contributed by atoms with E-state index in [9.17, 15) is 9.59 Å². The normalized spacial score (nSPS) is 9.40. The second kappa shape index (κ2) is 8.77. The number of benzene rings is 1. The van der Waals surface area contributed by atoms with Gasteiger partial charge in [-0.3, -0.25) is 4.79 Å². The summed E-state index contributed by atoms with van der Waals surface area (Å²) in [7, 11) is 0. The molecule has 1 amide bonds. The van der Waals surface area contributed by atoms with Crippen LogP contribution in [0, 0.1) is 11.3 Å². The number of nitrogens with zero attached hydrogens (tertiary/aromatic N) is 1. The van der Waals surface area contributed by atoms with Gasteiger partial charge in [-0.25, -0.2) is 4.79 Å². The van der Waals surface area contributed by atoms with E-state index in [2.05, 4.69) is 5.32 Å². The first-order valence-electron chi connectivity index (χ1n) is 5.80. The smallest absolute Gasteiger partial charge is 0.344 e. The molecule has 0 aliphatic carbocycles. The first-order chi connectivity index (χ1) is 9.63. The molecule has 7 heteroatoms. The van der Waals surface area contributed by atoms with E-state index in [4.69, 9.17) is 26.3 Å². The number of carbonyl (C=O) groups is 2. The van der Waals surface area contributed by atoms with Gasteiger partial charge < -0.3 is 14.8 Å². The quantitative estimate of drug-likeness (QED) is 0.605. The Kier molecular flexibility index (Phi) is 6.93. The Morgan fingerprint density at radius 2 is 2.05 bits per heavy atom. The molecule has 0 fully saturated rings. The molecule has 0 aromatic heterocycles.